The lowest BCUT2D eigenvalue weighted by atomic mass is 10.0. The third-order valence-corrected chi connectivity index (χ3v) is 7.81. The summed E-state index contributed by atoms with van der Waals surface area (Å²) in [5, 5.41) is 13.8. The quantitative estimate of drug-likeness (QED) is 0.147. The molecule has 36 heavy (non-hydrogen) atoms. The lowest BCUT2D eigenvalue weighted by Gasteiger charge is -2.17. The highest BCUT2D eigenvalue weighted by Gasteiger charge is 2.43. The van der Waals surface area contributed by atoms with Gasteiger partial charge in [-0.05, 0) is 29.7 Å². The van der Waals surface area contributed by atoms with E-state index in [1.54, 1.807) is 18.2 Å². The Morgan fingerprint density at radius 2 is 1.39 bits per heavy atom. The zero-order valence-electron chi connectivity index (χ0n) is 17.7. The first kappa shape index (κ1) is 24.7. The van der Waals surface area contributed by atoms with Crippen LogP contribution in [0.3, 0.4) is 0 Å². The molecule has 0 unspecified atom stereocenters. The third kappa shape index (κ3) is 3.77. The molecule has 11 heteroatoms. The van der Waals surface area contributed by atoms with Gasteiger partial charge in [0, 0.05) is 11.1 Å². The van der Waals surface area contributed by atoms with Gasteiger partial charge in [-0.3, -0.25) is 14.4 Å². The minimum Gasteiger partial charge on any atom is -0.506 e. The SMILES string of the molecule is O=C(Nc1ccc(Cl)c(N2C(=O)c3c(Cl)c(Cl)c(Cl)c(Cl)c3C2=O)c1)c1ccc2ccccc2c1O. The number of aromatic hydroxyl groups is 1. The van der Waals surface area contributed by atoms with Crippen molar-refractivity contribution in [3.8, 4) is 5.75 Å². The number of amides is 3. The third-order valence-electron chi connectivity index (χ3n) is 5.69. The van der Waals surface area contributed by atoms with Crippen molar-refractivity contribution in [2.75, 3.05) is 10.2 Å². The monoisotopic (exact) mass is 578 g/mol. The van der Waals surface area contributed by atoms with E-state index in [0.717, 1.165) is 10.3 Å². The van der Waals surface area contributed by atoms with E-state index in [1.165, 1.54) is 24.3 Å². The molecule has 4 aromatic rings. The molecular weight excluding hydrogens is 570 g/mol. The van der Waals surface area contributed by atoms with Crippen LogP contribution in [-0.2, 0) is 0 Å². The standard InChI is InChI=1S/C25H11Cl5N2O4/c26-14-8-6-11(31-23(34)13-7-5-10-3-1-2-4-12(10)22(13)33)9-15(14)32-24(35)16-17(25(32)36)19(28)21(30)20(29)18(16)27/h1-9,33H,(H,31,34). The van der Waals surface area contributed by atoms with Crippen LogP contribution in [-0.4, -0.2) is 22.8 Å². The fourth-order valence-corrected chi connectivity index (χ4v) is 5.18. The second kappa shape index (κ2) is 9.14. The molecule has 1 aliphatic rings. The molecule has 0 saturated carbocycles. The summed E-state index contributed by atoms with van der Waals surface area (Å²) in [6.45, 7) is 0. The summed E-state index contributed by atoms with van der Waals surface area (Å²) in [6, 6.07) is 14.5. The summed E-state index contributed by atoms with van der Waals surface area (Å²) in [6.07, 6.45) is 0. The van der Waals surface area contributed by atoms with Crippen LogP contribution in [0.4, 0.5) is 11.4 Å². The van der Waals surface area contributed by atoms with Crippen LogP contribution in [0, 0.1) is 0 Å². The molecule has 0 radical (unpaired) electrons. The van der Waals surface area contributed by atoms with Crippen molar-refractivity contribution in [3.05, 3.63) is 96.4 Å². The Morgan fingerprint density at radius 1 is 0.778 bits per heavy atom. The van der Waals surface area contributed by atoms with Gasteiger partial charge in [0.1, 0.15) is 5.75 Å². The summed E-state index contributed by atoms with van der Waals surface area (Å²) in [4.78, 5) is 40.1. The fourth-order valence-electron chi connectivity index (χ4n) is 3.97. The van der Waals surface area contributed by atoms with Crippen LogP contribution in [0.1, 0.15) is 31.1 Å². The number of phenolic OH excluding ortho intramolecular Hbond substituents is 1. The zero-order valence-corrected chi connectivity index (χ0v) is 21.5. The Labute approximate surface area is 228 Å². The Kier molecular flexibility index (Phi) is 6.27. The van der Waals surface area contributed by atoms with Gasteiger partial charge in [0.25, 0.3) is 17.7 Å². The van der Waals surface area contributed by atoms with Crippen molar-refractivity contribution < 1.29 is 19.5 Å². The number of phenols is 1. The van der Waals surface area contributed by atoms with E-state index in [4.69, 9.17) is 58.0 Å². The van der Waals surface area contributed by atoms with Crippen LogP contribution in [0.2, 0.25) is 25.1 Å². The second-order valence-corrected chi connectivity index (χ2v) is 9.67. The molecule has 5 rings (SSSR count). The van der Waals surface area contributed by atoms with Gasteiger partial charge < -0.3 is 10.4 Å². The van der Waals surface area contributed by atoms with Crippen molar-refractivity contribution >= 4 is 97.9 Å². The maximum atomic E-state index is 13.2. The molecule has 2 N–H and O–H groups in total. The molecule has 0 aliphatic carbocycles. The number of hydrogen-bond donors (Lipinski definition) is 2. The lowest BCUT2D eigenvalue weighted by molar-refractivity contribution is 0.0925. The lowest BCUT2D eigenvalue weighted by Crippen LogP contribution is -2.30. The van der Waals surface area contributed by atoms with Gasteiger partial charge in [0.05, 0.1) is 47.5 Å². The minimum atomic E-state index is -0.807. The number of carbonyl (C=O) groups is 3. The largest absolute Gasteiger partial charge is 0.506 e. The number of carbonyl (C=O) groups excluding carboxylic acids is 3. The molecule has 0 saturated heterocycles. The second-order valence-electron chi connectivity index (χ2n) is 7.75. The van der Waals surface area contributed by atoms with E-state index in [0.29, 0.717) is 5.39 Å². The number of hydrogen-bond acceptors (Lipinski definition) is 4. The smallest absolute Gasteiger partial charge is 0.267 e. The van der Waals surface area contributed by atoms with E-state index < -0.39 is 17.7 Å². The van der Waals surface area contributed by atoms with E-state index in [2.05, 4.69) is 5.32 Å². The molecule has 0 bridgehead atoms. The maximum Gasteiger partial charge on any atom is 0.267 e. The van der Waals surface area contributed by atoms with E-state index >= 15 is 0 Å². The molecule has 6 nitrogen and oxygen atoms in total. The summed E-state index contributed by atoms with van der Waals surface area (Å²) >= 11 is 30.9. The minimum absolute atomic E-state index is 0.0252. The first-order chi connectivity index (χ1) is 17.1. The van der Waals surface area contributed by atoms with Crippen molar-refractivity contribution in [1.29, 1.82) is 0 Å². The summed E-state index contributed by atoms with van der Waals surface area (Å²) in [7, 11) is 0. The highest BCUT2D eigenvalue weighted by Crippen LogP contribution is 2.46. The topological polar surface area (TPSA) is 86.7 Å². The van der Waals surface area contributed by atoms with E-state index in [-0.39, 0.29) is 58.9 Å². The van der Waals surface area contributed by atoms with Gasteiger partial charge in [0.15, 0.2) is 0 Å². The molecule has 4 aromatic carbocycles. The summed E-state index contributed by atoms with van der Waals surface area (Å²) < 4.78 is 0. The molecule has 1 aliphatic heterocycles. The predicted molar refractivity (Wildman–Crippen MR) is 143 cm³/mol. The van der Waals surface area contributed by atoms with Crippen molar-refractivity contribution in [2.45, 2.75) is 0 Å². The van der Waals surface area contributed by atoms with Gasteiger partial charge in [-0.15, -0.1) is 0 Å². The average molecular weight is 581 g/mol. The van der Waals surface area contributed by atoms with Crippen molar-refractivity contribution in [1.82, 2.24) is 0 Å². The number of nitrogens with one attached hydrogen (secondary N) is 1. The summed E-state index contributed by atoms with van der Waals surface area (Å²) in [5.74, 6) is -2.41. The zero-order chi connectivity index (χ0) is 25.9. The maximum absolute atomic E-state index is 13.2. The van der Waals surface area contributed by atoms with Crippen LogP contribution < -0.4 is 10.2 Å². The van der Waals surface area contributed by atoms with Crippen molar-refractivity contribution in [3.63, 3.8) is 0 Å². The van der Waals surface area contributed by atoms with E-state index in [1.807, 2.05) is 12.1 Å². The molecule has 0 fully saturated rings. The van der Waals surface area contributed by atoms with Crippen LogP contribution in [0.25, 0.3) is 10.8 Å². The number of halogens is 5. The molecule has 1 heterocycles. The van der Waals surface area contributed by atoms with E-state index in [9.17, 15) is 19.5 Å². The van der Waals surface area contributed by atoms with Crippen LogP contribution in [0.5, 0.6) is 5.75 Å². The first-order valence-corrected chi connectivity index (χ1v) is 12.1. The highest BCUT2D eigenvalue weighted by molar-refractivity contribution is 6.56. The molecular formula is C25H11Cl5N2O4. The number of anilines is 2. The first-order valence-electron chi connectivity index (χ1n) is 10.2. The number of fused-ring (bicyclic) bond motifs is 2. The Hall–Kier alpha value is -3.00. The predicted octanol–water partition coefficient (Wildman–Crippen LogP) is 7.87. The number of imide groups is 1. The van der Waals surface area contributed by atoms with Crippen molar-refractivity contribution in [2.24, 2.45) is 0 Å². The summed E-state index contributed by atoms with van der Waals surface area (Å²) in [5.41, 5.74) is -0.186. The molecule has 0 atom stereocenters. The molecule has 0 aromatic heterocycles. The van der Waals surface area contributed by atoms with Gasteiger partial charge in [-0.25, -0.2) is 4.90 Å². The van der Waals surface area contributed by atoms with Crippen LogP contribution in [0.15, 0.2) is 54.6 Å². The molecule has 3 amide bonds. The van der Waals surface area contributed by atoms with Gasteiger partial charge in [-0.2, -0.15) is 0 Å². The van der Waals surface area contributed by atoms with Gasteiger partial charge in [0.2, 0.25) is 0 Å². The van der Waals surface area contributed by atoms with Gasteiger partial charge >= 0.3 is 0 Å². The number of rotatable bonds is 3. The fraction of sp³-hybridized carbons (Fsp3) is 0. The normalized spacial score (nSPS) is 12.9. The molecule has 180 valence electrons. The highest BCUT2D eigenvalue weighted by atomic mass is 35.5. The molecule has 0 spiro atoms. The number of benzene rings is 4. The van der Waals surface area contributed by atoms with Crippen LogP contribution >= 0.6 is 58.0 Å². The Bertz CT molecular complexity index is 1610. The average Bonchev–Trinajstić information content (AvgIpc) is 3.12. The Morgan fingerprint density at radius 3 is 2.03 bits per heavy atom. The Balaban J connectivity index is 1.52. The van der Waals surface area contributed by atoms with Gasteiger partial charge in [-0.1, -0.05) is 88.3 Å². The number of nitrogens with zero attached hydrogens (tertiary/aromatic N) is 1.